The van der Waals surface area contributed by atoms with Crippen molar-refractivity contribution in [3.05, 3.63) is 102 Å². The second-order valence-electron chi connectivity index (χ2n) is 7.84. The second-order valence-corrected chi connectivity index (χ2v) is 7.84. The number of benzene rings is 2. The summed E-state index contributed by atoms with van der Waals surface area (Å²) in [5.41, 5.74) is 5.18. The lowest BCUT2D eigenvalue weighted by Gasteiger charge is -2.26. The molecule has 0 saturated carbocycles. The fourth-order valence-corrected chi connectivity index (χ4v) is 4.21. The fourth-order valence-electron chi connectivity index (χ4n) is 4.21. The maximum absolute atomic E-state index is 13.5. The van der Waals surface area contributed by atoms with E-state index in [4.69, 9.17) is 4.74 Å². The van der Waals surface area contributed by atoms with Crippen molar-refractivity contribution >= 4 is 5.91 Å². The van der Waals surface area contributed by atoms with E-state index in [2.05, 4.69) is 22.1 Å². The van der Waals surface area contributed by atoms with Gasteiger partial charge in [-0.05, 0) is 35.7 Å². The molecular formula is C26H24N4O2. The van der Waals surface area contributed by atoms with E-state index in [0.29, 0.717) is 18.8 Å². The van der Waals surface area contributed by atoms with E-state index in [-0.39, 0.29) is 11.9 Å². The van der Waals surface area contributed by atoms with Gasteiger partial charge in [-0.15, -0.1) is 0 Å². The smallest absolute Gasteiger partial charge is 0.273 e. The standard InChI is InChI=1S/C26H24N4O2/c1-2-14-32-21-12-6-11-20(15-21)25-22-23(19-9-4-3-5-10-19)28-29-24(22)26(31)30(25)17-18-8-7-13-27-16-18/h3-13,15-16,25H,2,14,17H2,1H3,(H,28,29). The van der Waals surface area contributed by atoms with E-state index in [1.807, 2.05) is 71.6 Å². The number of nitrogens with zero attached hydrogens (tertiary/aromatic N) is 3. The Morgan fingerprint density at radius 2 is 1.94 bits per heavy atom. The molecule has 3 heterocycles. The number of fused-ring (bicyclic) bond motifs is 1. The van der Waals surface area contributed by atoms with E-state index in [9.17, 15) is 4.79 Å². The van der Waals surface area contributed by atoms with E-state index in [1.54, 1.807) is 12.4 Å². The molecule has 1 aliphatic rings. The summed E-state index contributed by atoms with van der Waals surface area (Å²) in [5, 5.41) is 7.54. The predicted molar refractivity (Wildman–Crippen MR) is 122 cm³/mol. The first-order valence-electron chi connectivity index (χ1n) is 10.8. The van der Waals surface area contributed by atoms with Gasteiger partial charge in [0.1, 0.15) is 11.4 Å². The first kappa shape index (κ1) is 20.0. The van der Waals surface area contributed by atoms with E-state index < -0.39 is 0 Å². The molecule has 0 spiro atoms. The Hall–Kier alpha value is -3.93. The second kappa shape index (κ2) is 8.67. The number of rotatable bonds is 7. The van der Waals surface area contributed by atoms with Crippen molar-refractivity contribution in [1.29, 1.82) is 0 Å². The first-order valence-corrected chi connectivity index (χ1v) is 10.8. The Morgan fingerprint density at radius 3 is 2.72 bits per heavy atom. The third-order valence-electron chi connectivity index (χ3n) is 5.63. The number of hydrogen-bond acceptors (Lipinski definition) is 4. The molecule has 4 aromatic rings. The van der Waals surface area contributed by atoms with Crippen molar-refractivity contribution in [2.45, 2.75) is 25.9 Å². The molecule has 0 fully saturated rings. The van der Waals surface area contributed by atoms with Crippen LogP contribution < -0.4 is 4.74 Å². The number of hydrogen-bond donors (Lipinski definition) is 1. The van der Waals surface area contributed by atoms with Gasteiger partial charge in [-0.2, -0.15) is 5.10 Å². The van der Waals surface area contributed by atoms with Gasteiger partial charge in [0.2, 0.25) is 0 Å². The minimum atomic E-state index is -0.281. The molecule has 0 bridgehead atoms. The Balaban J connectivity index is 1.62. The summed E-state index contributed by atoms with van der Waals surface area (Å²) < 4.78 is 5.88. The van der Waals surface area contributed by atoms with Crippen LogP contribution in [0.2, 0.25) is 0 Å². The van der Waals surface area contributed by atoms with Crippen LogP contribution in [0.5, 0.6) is 5.75 Å². The molecule has 1 amide bonds. The molecule has 2 aromatic heterocycles. The van der Waals surface area contributed by atoms with Gasteiger partial charge in [-0.25, -0.2) is 0 Å². The highest BCUT2D eigenvalue weighted by Gasteiger charge is 2.42. The van der Waals surface area contributed by atoms with E-state index >= 15 is 0 Å². The van der Waals surface area contributed by atoms with E-state index in [1.165, 1.54) is 0 Å². The van der Waals surface area contributed by atoms with Gasteiger partial charge >= 0.3 is 0 Å². The number of carbonyl (C=O) groups excluding carboxylic acids is 1. The van der Waals surface area contributed by atoms with Gasteiger partial charge in [0.15, 0.2) is 0 Å². The topological polar surface area (TPSA) is 71.1 Å². The molecule has 1 aliphatic heterocycles. The number of amides is 1. The lowest BCUT2D eigenvalue weighted by atomic mass is 9.96. The minimum Gasteiger partial charge on any atom is -0.494 e. The van der Waals surface area contributed by atoms with Crippen molar-refractivity contribution in [2.75, 3.05) is 6.61 Å². The van der Waals surface area contributed by atoms with Crippen LogP contribution in [0.4, 0.5) is 0 Å². The van der Waals surface area contributed by atoms with Crippen LogP contribution in [-0.2, 0) is 6.54 Å². The number of aromatic amines is 1. The Bertz CT molecular complexity index is 1220. The lowest BCUT2D eigenvalue weighted by molar-refractivity contribution is 0.0729. The predicted octanol–water partition coefficient (Wildman–Crippen LogP) is 5.01. The quantitative estimate of drug-likeness (QED) is 0.453. The third-order valence-corrected chi connectivity index (χ3v) is 5.63. The number of nitrogens with one attached hydrogen (secondary N) is 1. The molecule has 0 radical (unpaired) electrons. The van der Waals surface area contributed by atoms with Gasteiger partial charge in [-0.3, -0.25) is 14.9 Å². The van der Waals surface area contributed by atoms with Crippen molar-refractivity contribution in [2.24, 2.45) is 0 Å². The highest BCUT2D eigenvalue weighted by molar-refractivity contribution is 6.00. The number of H-pyrrole nitrogens is 1. The zero-order chi connectivity index (χ0) is 21.9. The number of ether oxygens (including phenoxy) is 1. The Morgan fingerprint density at radius 1 is 1.06 bits per heavy atom. The molecule has 160 valence electrons. The van der Waals surface area contributed by atoms with Crippen LogP contribution >= 0.6 is 0 Å². The SMILES string of the molecule is CCCOc1cccc(C2c3c(-c4ccccc4)n[nH]c3C(=O)N2Cc2cccnc2)c1. The monoisotopic (exact) mass is 424 g/mol. The summed E-state index contributed by atoms with van der Waals surface area (Å²) in [4.78, 5) is 19.6. The van der Waals surface area contributed by atoms with Crippen molar-refractivity contribution in [3.63, 3.8) is 0 Å². The van der Waals surface area contributed by atoms with Crippen LogP contribution in [0.15, 0.2) is 79.1 Å². The summed E-state index contributed by atoms with van der Waals surface area (Å²) in [7, 11) is 0. The largest absolute Gasteiger partial charge is 0.494 e. The minimum absolute atomic E-state index is 0.0663. The highest BCUT2D eigenvalue weighted by Crippen LogP contribution is 2.44. The lowest BCUT2D eigenvalue weighted by Crippen LogP contribution is -2.29. The average Bonchev–Trinajstić information content (AvgIpc) is 3.38. The molecule has 0 saturated heterocycles. The van der Waals surface area contributed by atoms with Gasteiger partial charge in [-0.1, -0.05) is 55.5 Å². The van der Waals surface area contributed by atoms with Crippen molar-refractivity contribution in [1.82, 2.24) is 20.1 Å². The number of aromatic nitrogens is 3. The highest BCUT2D eigenvalue weighted by atomic mass is 16.5. The maximum atomic E-state index is 13.5. The van der Waals surface area contributed by atoms with Gasteiger partial charge < -0.3 is 9.64 Å². The molecule has 1 atom stereocenters. The van der Waals surface area contributed by atoms with Crippen LogP contribution in [0.1, 0.15) is 46.6 Å². The summed E-state index contributed by atoms with van der Waals surface area (Å²) in [5.74, 6) is 0.736. The molecule has 0 aliphatic carbocycles. The van der Waals surface area contributed by atoms with Crippen LogP contribution in [0, 0.1) is 0 Å². The van der Waals surface area contributed by atoms with Gasteiger partial charge in [0.25, 0.3) is 5.91 Å². The van der Waals surface area contributed by atoms with Crippen LogP contribution in [0.3, 0.4) is 0 Å². The van der Waals surface area contributed by atoms with Crippen molar-refractivity contribution < 1.29 is 9.53 Å². The fraction of sp³-hybridized carbons (Fsp3) is 0.192. The number of carbonyl (C=O) groups is 1. The average molecular weight is 425 g/mol. The van der Waals surface area contributed by atoms with Crippen molar-refractivity contribution in [3.8, 4) is 17.0 Å². The summed E-state index contributed by atoms with van der Waals surface area (Å²) >= 11 is 0. The molecule has 5 rings (SSSR count). The summed E-state index contributed by atoms with van der Waals surface area (Å²) in [6, 6.07) is 21.6. The van der Waals surface area contributed by atoms with Gasteiger partial charge in [0.05, 0.1) is 18.3 Å². The third kappa shape index (κ3) is 3.64. The molecule has 6 nitrogen and oxygen atoms in total. The Labute approximate surface area is 186 Å². The molecule has 6 heteroatoms. The summed E-state index contributed by atoms with van der Waals surface area (Å²) in [6.45, 7) is 3.19. The zero-order valence-electron chi connectivity index (χ0n) is 17.9. The molecular weight excluding hydrogens is 400 g/mol. The normalized spacial score (nSPS) is 15.1. The molecule has 1 unspecified atom stereocenters. The van der Waals surface area contributed by atoms with Gasteiger partial charge in [0, 0.05) is 30.1 Å². The zero-order valence-corrected chi connectivity index (χ0v) is 17.9. The van der Waals surface area contributed by atoms with Crippen LogP contribution in [-0.4, -0.2) is 32.6 Å². The Kier molecular flexibility index (Phi) is 5.42. The van der Waals surface area contributed by atoms with E-state index in [0.717, 1.165) is 40.1 Å². The molecule has 2 aromatic carbocycles. The first-order chi connectivity index (χ1) is 15.8. The molecule has 32 heavy (non-hydrogen) atoms. The molecule has 1 N–H and O–H groups in total. The maximum Gasteiger partial charge on any atom is 0.273 e. The number of pyridine rings is 1. The van der Waals surface area contributed by atoms with Crippen LogP contribution in [0.25, 0.3) is 11.3 Å². The summed E-state index contributed by atoms with van der Waals surface area (Å²) in [6.07, 6.45) is 4.47.